The number of halogens is 1. The van der Waals surface area contributed by atoms with Crippen molar-refractivity contribution < 1.29 is 0 Å². The Balaban J connectivity index is 2.67. The van der Waals surface area contributed by atoms with Crippen LogP contribution < -0.4 is 5.32 Å². The van der Waals surface area contributed by atoms with E-state index in [4.69, 9.17) is 11.6 Å². The molecule has 0 saturated heterocycles. The van der Waals surface area contributed by atoms with E-state index in [0.29, 0.717) is 17.0 Å². The molecular formula is C10H18ClN3. The monoisotopic (exact) mass is 215 g/mol. The molecule has 1 unspecified atom stereocenters. The van der Waals surface area contributed by atoms with Crippen LogP contribution in [0, 0.1) is 5.92 Å². The maximum Gasteiger partial charge on any atom is 0.0785 e. The summed E-state index contributed by atoms with van der Waals surface area (Å²) >= 11 is 5.84. The van der Waals surface area contributed by atoms with E-state index in [9.17, 15) is 0 Å². The molecule has 4 heteroatoms. The van der Waals surface area contributed by atoms with E-state index in [1.54, 1.807) is 6.20 Å². The molecule has 3 nitrogen and oxygen atoms in total. The molecule has 1 rings (SSSR count). The molecule has 1 N–H and O–H groups in total. The van der Waals surface area contributed by atoms with E-state index in [1.165, 1.54) is 0 Å². The first-order chi connectivity index (χ1) is 6.65. The van der Waals surface area contributed by atoms with E-state index in [0.717, 1.165) is 13.1 Å². The Hall–Kier alpha value is -0.540. The van der Waals surface area contributed by atoms with Crippen LogP contribution in [0.25, 0.3) is 0 Å². The van der Waals surface area contributed by atoms with Crippen molar-refractivity contribution in [1.82, 2.24) is 15.1 Å². The first-order valence-electron chi connectivity index (χ1n) is 5.05. The molecule has 0 aliphatic heterocycles. The number of rotatable bonds is 5. The minimum absolute atomic E-state index is 0.377. The number of hydrogen-bond donors (Lipinski definition) is 1. The maximum absolute atomic E-state index is 5.84. The van der Waals surface area contributed by atoms with Crippen LogP contribution in [0.4, 0.5) is 0 Å². The molecule has 0 aromatic carbocycles. The number of likely N-dealkylation sites (N-methyl/N-ethyl adjacent to an activating group) is 1. The Morgan fingerprint density at radius 2 is 2.29 bits per heavy atom. The van der Waals surface area contributed by atoms with Gasteiger partial charge in [-0.25, -0.2) is 0 Å². The predicted octanol–water partition coefficient (Wildman–Crippen LogP) is 2.34. The first-order valence-corrected chi connectivity index (χ1v) is 5.43. The van der Waals surface area contributed by atoms with E-state index < -0.39 is 0 Å². The summed E-state index contributed by atoms with van der Waals surface area (Å²) in [5.74, 6) is 0.546. The van der Waals surface area contributed by atoms with Crippen molar-refractivity contribution in [1.29, 1.82) is 0 Å². The van der Waals surface area contributed by atoms with Crippen LogP contribution in [0.1, 0.15) is 26.8 Å². The number of nitrogens with one attached hydrogen (secondary N) is 1. The van der Waals surface area contributed by atoms with Gasteiger partial charge in [0, 0.05) is 12.7 Å². The van der Waals surface area contributed by atoms with Gasteiger partial charge in [0.05, 0.1) is 17.3 Å². The van der Waals surface area contributed by atoms with Crippen LogP contribution in [0.2, 0.25) is 5.02 Å². The fourth-order valence-corrected chi connectivity index (χ4v) is 1.57. The highest BCUT2D eigenvalue weighted by Gasteiger charge is 2.15. The second-order valence-electron chi connectivity index (χ2n) is 3.76. The van der Waals surface area contributed by atoms with Crippen molar-refractivity contribution in [2.24, 2.45) is 5.92 Å². The van der Waals surface area contributed by atoms with Gasteiger partial charge in [0.2, 0.25) is 0 Å². The molecule has 14 heavy (non-hydrogen) atoms. The normalized spacial score (nSPS) is 13.5. The second-order valence-corrected chi connectivity index (χ2v) is 4.19. The Kier molecular flexibility index (Phi) is 4.42. The summed E-state index contributed by atoms with van der Waals surface area (Å²) in [4.78, 5) is 0. The Labute approximate surface area is 90.4 Å². The number of aromatic nitrogens is 2. The lowest BCUT2D eigenvalue weighted by molar-refractivity contribution is 0.332. The third kappa shape index (κ3) is 3.00. The number of hydrogen-bond acceptors (Lipinski definition) is 2. The van der Waals surface area contributed by atoms with Gasteiger partial charge in [-0.3, -0.25) is 4.68 Å². The highest BCUT2D eigenvalue weighted by molar-refractivity contribution is 6.30. The lowest BCUT2D eigenvalue weighted by Crippen LogP contribution is -2.29. The molecule has 0 aliphatic rings. The minimum Gasteiger partial charge on any atom is -0.315 e. The van der Waals surface area contributed by atoms with Crippen LogP contribution in [0.3, 0.4) is 0 Å². The van der Waals surface area contributed by atoms with Gasteiger partial charge in [-0.15, -0.1) is 0 Å². The molecule has 1 heterocycles. The molecule has 1 aromatic rings. The summed E-state index contributed by atoms with van der Waals surface area (Å²) in [5, 5.41) is 8.27. The molecule has 0 radical (unpaired) electrons. The molecule has 1 aromatic heterocycles. The summed E-state index contributed by atoms with van der Waals surface area (Å²) in [7, 11) is 0. The SMILES string of the molecule is CCNCC(C(C)C)n1cc(Cl)cn1. The Morgan fingerprint density at radius 1 is 1.57 bits per heavy atom. The van der Waals surface area contributed by atoms with E-state index in [-0.39, 0.29) is 0 Å². The van der Waals surface area contributed by atoms with Crippen molar-refractivity contribution in [3.8, 4) is 0 Å². The smallest absolute Gasteiger partial charge is 0.0785 e. The molecule has 0 bridgehead atoms. The highest BCUT2D eigenvalue weighted by atomic mass is 35.5. The van der Waals surface area contributed by atoms with Gasteiger partial charge >= 0.3 is 0 Å². The molecule has 0 aliphatic carbocycles. The van der Waals surface area contributed by atoms with E-state index >= 15 is 0 Å². The lowest BCUT2D eigenvalue weighted by atomic mass is 10.1. The highest BCUT2D eigenvalue weighted by Crippen LogP contribution is 2.18. The number of nitrogens with zero attached hydrogens (tertiary/aromatic N) is 2. The van der Waals surface area contributed by atoms with Gasteiger partial charge in [-0.2, -0.15) is 5.10 Å². The van der Waals surface area contributed by atoms with Crippen LogP contribution in [-0.2, 0) is 0 Å². The van der Waals surface area contributed by atoms with Crippen molar-refractivity contribution in [3.05, 3.63) is 17.4 Å². The fraction of sp³-hybridized carbons (Fsp3) is 0.700. The van der Waals surface area contributed by atoms with Gasteiger partial charge in [0.15, 0.2) is 0 Å². The van der Waals surface area contributed by atoms with Crippen LogP contribution >= 0.6 is 11.6 Å². The van der Waals surface area contributed by atoms with Gasteiger partial charge < -0.3 is 5.32 Å². The molecule has 0 amide bonds. The summed E-state index contributed by atoms with van der Waals surface area (Å²) < 4.78 is 1.94. The third-order valence-corrected chi connectivity index (χ3v) is 2.48. The van der Waals surface area contributed by atoms with Crippen LogP contribution in [0.15, 0.2) is 12.4 Å². The lowest BCUT2D eigenvalue weighted by Gasteiger charge is -2.21. The molecule has 0 fully saturated rings. The van der Waals surface area contributed by atoms with Gasteiger partial charge in [0.25, 0.3) is 0 Å². The molecule has 0 saturated carbocycles. The molecule has 0 spiro atoms. The van der Waals surface area contributed by atoms with Crippen molar-refractivity contribution >= 4 is 11.6 Å². The average molecular weight is 216 g/mol. The zero-order valence-corrected chi connectivity index (χ0v) is 9.75. The largest absolute Gasteiger partial charge is 0.315 e. The average Bonchev–Trinajstić information content (AvgIpc) is 2.52. The van der Waals surface area contributed by atoms with E-state index in [1.807, 2.05) is 10.9 Å². The van der Waals surface area contributed by atoms with Crippen LogP contribution in [0.5, 0.6) is 0 Å². The molecule has 1 atom stereocenters. The Bertz CT molecular complexity index is 270. The summed E-state index contributed by atoms with van der Waals surface area (Å²) in [6.07, 6.45) is 3.56. The maximum atomic E-state index is 5.84. The van der Waals surface area contributed by atoms with Gasteiger partial charge in [-0.1, -0.05) is 32.4 Å². The summed E-state index contributed by atoms with van der Waals surface area (Å²) in [5.41, 5.74) is 0. The molecular weight excluding hydrogens is 198 g/mol. The van der Waals surface area contributed by atoms with Crippen molar-refractivity contribution in [2.45, 2.75) is 26.8 Å². The first kappa shape index (κ1) is 11.5. The van der Waals surface area contributed by atoms with E-state index in [2.05, 4.69) is 31.2 Å². The third-order valence-electron chi connectivity index (χ3n) is 2.28. The summed E-state index contributed by atoms with van der Waals surface area (Å²) in [6.45, 7) is 8.41. The standard InChI is InChI=1S/C10H18ClN3/c1-4-12-6-10(8(2)3)14-7-9(11)5-13-14/h5,7-8,10,12H,4,6H2,1-3H3. The quantitative estimate of drug-likeness (QED) is 0.817. The van der Waals surface area contributed by atoms with Gasteiger partial charge in [0.1, 0.15) is 0 Å². The summed E-state index contributed by atoms with van der Waals surface area (Å²) in [6, 6.07) is 0.377. The molecule has 80 valence electrons. The van der Waals surface area contributed by atoms with Crippen molar-refractivity contribution in [2.75, 3.05) is 13.1 Å². The Morgan fingerprint density at radius 3 is 2.71 bits per heavy atom. The second kappa shape index (κ2) is 5.37. The van der Waals surface area contributed by atoms with Gasteiger partial charge in [-0.05, 0) is 12.5 Å². The zero-order valence-electron chi connectivity index (χ0n) is 9.00. The van der Waals surface area contributed by atoms with Crippen LogP contribution in [-0.4, -0.2) is 22.9 Å². The van der Waals surface area contributed by atoms with Crippen molar-refractivity contribution in [3.63, 3.8) is 0 Å². The topological polar surface area (TPSA) is 29.9 Å². The fourth-order valence-electron chi connectivity index (χ4n) is 1.42. The minimum atomic E-state index is 0.377. The predicted molar refractivity (Wildman–Crippen MR) is 59.7 cm³/mol. The zero-order chi connectivity index (χ0) is 10.6.